The van der Waals surface area contributed by atoms with Gasteiger partial charge in [0, 0.05) is 87.4 Å². The van der Waals surface area contributed by atoms with Crippen molar-refractivity contribution in [3.63, 3.8) is 0 Å². The zero-order valence-corrected chi connectivity index (χ0v) is 33.0. The average Bonchev–Trinajstić information content (AvgIpc) is 3.46. The number of nitrogens with one attached hydrogen (secondary N) is 2. The standard InChI is InChI=1S/C41H36Cl2N6O4S2/c1-26-38(41(50)51)39(40(46(26)2)27-8-10-29(42)11-9-27)28-22-30(43)24-33(23-28)48-20-18-47(19-21-48)32-14-12-31(13-15-32)44-55-35-16-17-36(37(25-35)49(52)53)45-54-34-6-4-3-5-7-34/h3-17,22-25,44-45H,18-21H2,1-2H3,(H,50,51). The Kier molecular flexibility index (Phi) is 11.5. The maximum absolute atomic E-state index is 12.6. The van der Waals surface area contributed by atoms with Gasteiger partial charge in [0.1, 0.15) is 5.69 Å². The van der Waals surface area contributed by atoms with E-state index in [1.54, 1.807) is 24.3 Å². The minimum Gasteiger partial charge on any atom is -0.478 e. The maximum Gasteiger partial charge on any atom is 0.338 e. The number of piperazine rings is 1. The number of carboxylic acids is 1. The van der Waals surface area contributed by atoms with Crippen LogP contribution in [-0.4, -0.2) is 46.7 Å². The second-order valence-corrected chi connectivity index (χ2v) is 15.6. The topological polar surface area (TPSA) is 116 Å². The van der Waals surface area contributed by atoms with Crippen molar-refractivity contribution in [3.8, 4) is 22.4 Å². The minimum atomic E-state index is -0.997. The van der Waals surface area contributed by atoms with Crippen molar-refractivity contribution in [1.82, 2.24) is 4.57 Å². The number of aromatic nitrogens is 1. The lowest BCUT2D eigenvalue weighted by Crippen LogP contribution is -2.46. The lowest BCUT2D eigenvalue weighted by atomic mass is 9.96. The van der Waals surface area contributed by atoms with Crippen molar-refractivity contribution >= 4 is 81.5 Å². The number of hydrogen-bond acceptors (Lipinski definition) is 9. The third kappa shape index (κ3) is 8.52. The van der Waals surface area contributed by atoms with Gasteiger partial charge in [-0.3, -0.25) is 10.1 Å². The number of nitro benzene ring substituents is 1. The van der Waals surface area contributed by atoms with E-state index in [1.807, 2.05) is 97.4 Å². The smallest absolute Gasteiger partial charge is 0.338 e. The molecule has 0 aliphatic carbocycles. The number of rotatable bonds is 12. The summed E-state index contributed by atoms with van der Waals surface area (Å²) in [5.74, 6) is -0.997. The summed E-state index contributed by atoms with van der Waals surface area (Å²) in [6, 6.07) is 36.1. The van der Waals surface area contributed by atoms with Crippen molar-refractivity contribution in [2.24, 2.45) is 7.05 Å². The molecule has 6 aromatic rings. The molecule has 280 valence electrons. The Balaban J connectivity index is 1.01. The molecule has 3 N–H and O–H groups in total. The summed E-state index contributed by atoms with van der Waals surface area (Å²) in [6.07, 6.45) is 0. The number of hydrogen-bond donors (Lipinski definition) is 3. The Bertz CT molecular complexity index is 2350. The van der Waals surface area contributed by atoms with Gasteiger partial charge in [-0.1, -0.05) is 53.5 Å². The summed E-state index contributed by atoms with van der Waals surface area (Å²) >= 11 is 15.6. The molecule has 2 heterocycles. The molecule has 0 unspecified atom stereocenters. The number of carboxylic acid groups (broad SMARTS) is 1. The van der Waals surface area contributed by atoms with Crippen LogP contribution >= 0.6 is 47.1 Å². The Labute approximate surface area is 337 Å². The fraction of sp³-hybridized carbons (Fsp3) is 0.146. The lowest BCUT2D eigenvalue weighted by Gasteiger charge is -2.37. The first-order valence-electron chi connectivity index (χ1n) is 17.3. The highest BCUT2D eigenvalue weighted by Crippen LogP contribution is 2.42. The summed E-state index contributed by atoms with van der Waals surface area (Å²) in [5.41, 5.74) is 7.21. The number of anilines is 4. The second-order valence-electron chi connectivity index (χ2n) is 12.9. The van der Waals surface area contributed by atoms with E-state index in [9.17, 15) is 20.0 Å². The second kappa shape index (κ2) is 16.6. The first-order valence-corrected chi connectivity index (χ1v) is 19.7. The number of halogens is 2. The first kappa shape index (κ1) is 38.0. The van der Waals surface area contributed by atoms with E-state index >= 15 is 0 Å². The first-order chi connectivity index (χ1) is 26.5. The molecule has 14 heteroatoms. The summed E-state index contributed by atoms with van der Waals surface area (Å²) in [7, 11) is 1.87. The molecule has 1 saturated heterocycles. The molecule has 10 nitrogen and oxygen atoms in total. The molecule has 7 rings (SSSR count). The molecule has 1 aliphatic rings. The molecule has 1 aliphatic heterocycles. The molecule has 0 bridgehead atoms. The highest BCUT2D eigenvalue weighted by atomic mass is 35.5. The average molecular weight is 812 g/mol. The summed E-state index contributed by atoms with van der Waals surface area (Å²) in [4.78, 5) is 30.4. The van der Waals surface area contributed by atoms with Gasteiger partial charge in [-0.25, -0.2) is 4.79 Å². The number of nitro groups is 1. The number of carbonyl (C=O) groups is 1. The summed E-state index contributed by atoms with van der Waals surface area (Å²) in [6.45, 7) is 4.85. The zero-order chi connectivity index (χ0) is 38.6. The fourth-order valence-corrected chi connectivity index (χ4v) is 8.42. The van der Waals surface area contributed by atoms with Crippen LogP contribution in [0.3, 0.4) is 0 Å². The summed E-state index contributed by atoms with van der Waals surface area (Å²) in [5, 5.41) is 23.3. The molecule has 5 aromatic carbocycles. The molecular formula is C41H36Cl2N6O4S2. The van der Waals surface area contributed by atoms with Gasteiger partial charge in [-0.2, -0.15) is 0 Å². The lowest BCUT2D eigenvalue weighted by molar-refractivity contribution is -0.384. The molecular weight excluding hydrogens is 776 g/mol. The maximum atomic E-state index is 12.6. The van der Waals surface area contributed by atoms with Crippen LogP contribution in [0.4, 0.5) is 28.4 Å². The third-order valence-corrected chi connectivity index (χ3v) is 11.7. The largest absolute Gasteiger partial charge is 0.478 e. The Morgan fingerprint density at radius 2 is 1.40 bits per heavy atom. The van der Waals surface area contributed by atoms with Crippen LogP contribution in [0, 0.1) is 17.0 Å². The van der Waals surface area contributed by atoms with Gasteiger partial charge in [-0.05, 0) is 121 Å². The van der Waals surface area contributed by atoms with E-state index in [0.717, 1.165) is 65.0 Å². The van der Waals surface area contributed by atoms with Gasteiger partial charge in [0.05, 0.1) is 16.2 Å². The molecule has 0 spiro atoms. The van der Waals surface area contributed by atoms with Gasteiger partial charge >= 0.3 is 5.97 Å². The van der Waals surface area contributed by atoms with Crippen LogP contribution in [0.5, 0.6) is 0 Å². The van der Waals surface area contributed by atoms with Crippen LogP contribution in [-0.2, 0) is 7.05 Å². The third-order valence-electron chi connectivity index (χ3n) is 9.54. The van der Waals surface area contributed by atoms with Crippen LogP contribution in [0.2, 0.25) is 10.0 Å². The molecule has 0 saturated carbocycles. The molecule has 0 amide bonds. The zero-order valence-electron chi connectivity index (χ0n) is 29.8. The number of benzene rings is 5. The van der Waals surface area contributed by atoms with E-state index in [1.165, 1.54) is 23.9 Å². The Hall–Kier alpha value is -5.27. The highest BCUT2D eigenvalue weighted by Gasteiger charge is 2.27. The van der Waals surface area contributed by atoms with Gasteiger partial charge in [-0.15, -0.1) is 0 Å². The van der Waals surface area contributed by atoms with Crippen LogP contribution in [0.25, 0.3) is 22.4 Å². The molecule has 1 aromatic heterocycles. The number of nitrogens with zero attached hydrogens (tertiary/aromatic N) is 4. The minimum absolute atomic E-state index is 0.00146. The normalized spacial score (nSPS) is 12.8. The van der Waals surface area contributed by atoms with E-state index in [0.29, 0.717) is 31.9 Å². The van der Waals surface area contributed by atoms with Crippen LogP contribution < -0.4 is 19.2 Å². The summed E-state index contributed by atoms with van der Waals surface area (Å²) < 4.78 is 8.31. The Morgan fingerprint density at radius 3 is 2.05 bits per heavy atom. The van der Waals surface area contributed by atoms with Crippen molar-refractivity contribution in [3.05, 3.63) is 147 Å². The van der Waals surface area contributed by atoms with Crippen molar-refractivity contribution in [2.45, 2.75) is 16.7 Å². The fourth-order valence-electron chi connectivity index (χ4n) is 6.69. The van der Waals surface area contributed by atoms with Crippen LogP contribution in [0.1, 0.15) is 16.1 Å². The van der Waals surface area contributed by atoms with Gasteiger partial charge in [0.25, 0.3) is 5.69 Å². The monoisotopic (exact) mass is 810 g/mol. The molecule has 1 fully saturated rings. The van der Waals surface area contributed by atoms with E-state index in [-0.39, 0.29) is 16.2 Å². The van der Waals surface area contributed by atoms with Gasteiger partial charge in [0.15, 0.2) is 0 Å². The van der Waals surface area contributed by atoms with Crippen molar-refractivity contribution in [2.75, 3.05) is 45.4 Å². The Morgan fingerprint density at radius 1 is 0.745 bits per heavy atom. The molecule has 0 radical (unpaired) electrons. The molecule has 55 heavy (non-hydrogen) atoms. The van der Waals surface area contributed by atoms with Gasteiger partial charge < -0.3 is 28.9 Å². The molecule has 0 atom stereocenters. The van der Waals surface area contributed by atoms with E-state index in [4.69, 9.17) is 23.2 Å². The quantitative estimate of drug-likeness (QED) is 0.0627. The van der Waals surface area contributed by atoms with Crippen LogP contribution in [0.15, 0.2) is 125 Å². The van der Waals surface area contributed by atoms with Crippen molar-refractivity contribution < 1.29 is 14.8 Å². The predicted molar refractivity (Wildman–Crippen MR) is 227 cm³/mol. The van der Waals surface area contributed by atoms with Crippen molar-refractivity contribution in [1.29, 1.82) is 0 Å². The predicted octanol–water partition coefficient (Wildman–Crippen LogP) is 11.1. The van der Waals surface area contributed by atoms with E-state index < -0.39 is 5.97 Å². The highest BCUT2D eigenvalue weighted by molar-refractivity contribution is 8.00. The van der Waals surface area contributed by atoms with E-state index in [2.05, 4.69) is 31.4 Å². The van der Waals surface area contributed by atoms with Gasteiger partial charge in [0.2, 0.25) is 0 Å². The SMILES string of the molecule is Cc1c(C(=O)O)c(-c2cc(Cl)cc(N3CCN(c4ccc(NSc5ccc(NSc6ccccc6)c([N+](=O)[O-])c5)cc4)CC3)c2)c(-c2ccc(Cl)cc2)n1C. The number of aromatic carboxylic acids is 1.